The highest BCUT2D eigenvalue weighted by Gasteiger charge is 2.21. The van der Waals surface area contributed by atoms with Crippen LogP contribution in [0.2, 0.25) is 0 Å². The SMILES string of the molecule is c1ccc2c(N3CCN(CCC4COCCO4)CC3)ncnc2c1. The van der Waals surface area contributed by atoms with Crippen LogP contribution in [0.3, 0.4) is 0 Å². The average Bonchev–Trinajstić information content (AvgIpc) is 2.67. The minimum atomic E-state index is 0.266. The zero-order valence-corrected chi connectivity index (χ0v) is 13.9. The summed E-state index contributed by atoms with van der Waals surface area (Å²) in [5.41, 5.74) is 1.01. The Bertz CT molecular complexity index is 662. The van der Waals surface area contributed by atoms with E-state index >= 15 is 0 Å². The standard InChI is InChI=1S/C18H24N4O2/c1-2-4-17-16(3-1)18(20-14-19-17)22-9-7-21(8-10-22)6-5-15-13-23-11-12-24-15/h1-4,14-15H,5-13H2. The molecule has 1 atom stereocenters. The minimum absolute atomic E-state index is 0.266. The molecule has 2 aliphatic rings. The van der Waals surface area contributed by atoms with E-state index in [1.54, 1.807) is 6.33 Å². The van der Waals surface area contributed by atoms with Gasteiger partial charge in [0, 0.05) is 38.1 Å². The predicted molar refractivity (Wildman–Crippen MR) is 93.4 cm³/mol. The van der Waals surface area contributed by atoms with E-state index in [1.165, 1.54) is 0 Å². The molecule has 24 heavy (non-hydrogen) atoms. The Hall–Kier alpha value is -1.76. The lowest BCUT2D eigenvalue weighted by Crippen LogP contribution is -2.47. The molecule has 0 amide bonds. The van der Waals surface area contributed by atoms with Crippen molar-refractivity contribution >= 4 is 16.7 Å². The molecule has 0 N–H and O–H groups in total. The summed E-state index contributed by atoms with van der Waals surface area (Å²) in [6.45, 7) is 7.42. The van der Waals surface area contributed by atoms with Gasteiger partial charge >= 0.3 is 0 Å². The van der Waals surface area contributed by atoms with Crippen molar-refractivity contribution in [2.45, 2.75) is 12.5 Å². The number of anilines is 1. The summed E-state index contributed by atoms with van der Waals surface area (Å²) in [5, 5.41) is 1.14. The summed E-state index contributed by atoms with van der Waals surface area (Å²) in [6.07, 6.45) is 2.99. The molecule has 4 rings (SSSR count). The molecule has 0 spiro atoms. The monoisotopic (exact) mass is 328 g/mol. The van der Waals surface area contributed by atoms with Gasteiger partial charge in [-0.2, -0.15) is 0 Å². The molecular formula is C18H24N4O2. The van der Waals surface area contributed by atoms with E-state index in [4.69, 9.17) is 9.47 Å². The first-order valence-electron chi connectivity index (χ1n) is 8.76. The molecule has 1 unspecified atom stereocenters. The average molecular weight is 328 g/mol. The third kappa shape index (κ3) is 3.50. The third-order valence-electron chi connectivity index (χ3n) is 4.85. The molecule has 6 nitrogen and oxygen atoms in total. The van der Waals surface area contributed by atoms with Crippen LogP contribution in [0.1, 0.15) is 6.42 Å². The van der Waals surface area contributed by atoms with Crippen LogP contribution in [-0.4, -0.2) is 73.5 Å². The number of hydrogen-bond acceptors (Lipinski definition) is 6. The summed E-state index contributed by atoms with van der Waals surface area (Å²) in [4.78, 5) is 13.8. The van der Waals surface area contributed by atoms with Crippen molar-refractivity contribution in [3.05, 3.63) is 30.6 Å². The van der Waals surface area contributed by atoms with Crippen LogP contribution in [-0.2, 0) is 9.47 Å². The largest absolute Gasteiger partial charge is 0.376 e. The van der Waals surface area contributed by atoms with Crippen LogP contribution >= 0.6 is 0 Å². The molecule has 2 aliphatic heterocycles. The van der Waals surface area contributed by atoms with Crippen LogP contribution < -0.4 is 4.90 Å². The number of aromatic nitrogens is 2. The lowest BCUT2D eigenvalue weighted by molar-refractivity contribution is -0.0927. The highest BCUT2D eigenvalue weighted by Crippen LogP contribution is 2.23. The van der Waals surface area contributed by atoms with Crippen molar-refractivity contribution in [2.24, 2.45) is 0 Å². The second-order valence-electron chi connectivity index (χ2n) is 6.40. The third-order valence-corrected chi connectivity index (χ3v) is 4.85. The topological polar surface area (TPSA) is 50.7 Å². The zero-order valence-electron chi connectivity index (χ0n) is 13.9. The van der Waals surface area contributed by atoms with Crippen molar-refractivity contribution < 1.29 is 9.47 Å². The van der Waals surface area contributed by atoms with Crippen molar-refractivity contribution in [3.8, 4) is 0 Å². The van der Waals surface area contributed by atoms with Crippen molar-refractivity contribution in [3.63, 3.8) is 0 Å². The molecule has 3 heterocycles. The summed E-state index contributed by atoms with van der Waals surface area (Å²) < 4.78 is 11.2. The number of rotatable bonds is 4. The van der Waals surface area contributed by atoms with Gasteiger partial charge in [-0.15, -0.1) is 0 Å². The first-order valence-corrected chi connectivity index (χ1v) is 8.76. The molecule has 0 aliphatic carbocycles. The maximum atomic E-state index is 5.73. The first kappa shape index (κ1) is 15.7. The molecule has 0 bridgehead atoms. The van der Waals surface area contributed by atoms with Crippen LogP contribution in [0.4, 0.5) is 5.82 Å². The molecule has 0 saturated carbocycles. The van der Waals surface area contributed by atoms with Crippen LogP contribution in [0.15, 0.2) is 30.6 Å². The van der Waals surface area contributed by atoms with Crippen LogP contribution in [0, 0.1) is 0 Å². The normalized spacial score (nSPS) is 22.8. The van der Waals surface area contributed by atoms with Gasteiger partial charge in [-0.05, 0) is 18.6 Å². The van der Waals surface area contributed by atoms with Crippen LogP contribution in [0.25, 0.3) is 10.9 Å². The Morgan fingerprint density at radius 1 is 1.04 bits per heavy atom. The fraction of sp³-hybridized carbons (Fsp3) is 0.556. The Balaban J connectivity index is 1.34. The Morgan fingerprint density at radius 2 is 1.92 bits per heavy atom. The highest BCUT2D eigenvalue weighted by molar-refractivity contribution is 5.89. The number of nitrogens with zero attached hydrogens (tertiary/aromatic N) is 4. The number of fused-ring (bicyclic) bond motifs is 1. The fourth-order valence-corrected chi connectivity index (χ4v) is 3.46. The lowest BCUT2D eigenvalue weighted by atomic mass is 10.2. The number of piperazine rings is 1. The van der Waals surface area contributed by atoms with E-state index < -0.39 is 0 Å². The second kappa shape index (κ2) is 7.42. The summed E-state index contributed by atoms with van der Waals surface area (Å²) in [7, 11) is 0. The minimum Gasteiger partial charge on any atom is -0.376 e. The van der Waals surface area contributed by atoms with Gasteiger partial charge in [0.15, 0.2) is 0 Å². The predicted octanol–water partition coefficient (Wildman–Crippen LogP) is 1.56. The summed E-state index contributed by atoms with van der Waals surface area (Å²) in [6, 6.07) is 8.23. The van der Waals surface area contributed by atoms with Gasteiger partial charge < -0.3 is 14.4 Å². The van der Waals surface area contributed by atoms with E-state index in [2.05, 4.69) is 31.9 Å². The van der Waals surface area contributed by atoms with E-state index in [0.717, 1.165) is 75.7 Å². The van der Waals surface area contributed by atoms with E-state index in [9.17, 15) is 0 Å². The second-order valence-corrected chi connectivity index (χ2v) is 6.40. The Labute approximate surface area is 142 Å². The maximum Gasteiger partial charge on any atom is 0.139 e. The maximum absolute atomic E-state index is 5.73. The van der Waals surface area contributed by atoms with Gasteiger partial charge in [-0.25, -0.2) is 9.97 Å². The fourth-order valence-electron chi connectivity index (χ4n) is 3.46. The van der Waals surface area contributed by atoms with E-state index in [0.29, 0.717) is 0 Å². The number of para-hydroxylation sites is 1. The molecular weight excluding hydrogens is 304 g/mol. The van der Waals surface area contributed by atoms with Gasteiger partial charge in [-0.1, -0.05) is 12.1 Å². The number of hydrogen-bond donors (Lipinski definition) is 0. The van der Waals surface area contributed by atoms with Gasteiger partial charge in [0.05, 0.1) is 31.4 Å². The summed E-state index contributed by atoms with van der Waals surface area (Å²) >= 11 is 0. The van der Waals surface area contributed by atoms with Gasteiger partial charge in [0.25, 0.3) is 0 Å². The van der Waals surface area contributed by atoms with E-state index in [1.807, 2.05) is 12.1 Å². The highest BCUT2D eigenvalue weighted by atomic mass is 16.6. The smallest absolute Gasteiger partial charge is 0.139 e. The molecule has 2 fully saturated rings. The molecule has 2 saturated heterocycles. The van der Waals surface area contributed by atoms with Gasteiger partial charge in [-0.3, -0.25) is 4.90 Å². The van der Waals surface area contributed by atoms with Crippen molar-refractivity contribution in [1.82, 2.24) is 14.9 Å². The van der Waals surface area contributed by atoms with Gasteiger partial charge in [0.1, 0.15) is 12.1 Å². The molecule has 128 valence electrons. The van der Waals surface area contributed by atoms with Gasteiger partial charge in [0.2, 0.25) is 0 Å². The van der Waals surface area contributed by atoms with E-state index in [-0.39, 0.29) is 6.10 Å². The van der Waals surface area contributed by atoms with Crippen molar-refractivity contribution in [2.75, 3.05) is 57.4 Å². The quantitative estimate of drug-likeness (QED) is 0.849. The number of ether oxygens (including phenoxy) is 2. The molecule has 1 aromatic carbocycles. The summed E-state index contributed by atoms with van der Waals surface area (Å²) in [5.74, 6) is 1.06. The van der Waals surface area contributed by atoms with Crippen LogP contribution in [0.5, 0.6) is 0 Å². The lowest BCUT2D eigenvalue weighted by Gasteiger charge is -2.36. The molecule has 1 aromatic heterocycles. The Kier molecular flexibility index (Phi) is 4.87. The Morgan fingerprint density at radius 3 is 2.75 bits per heavy atom. The molecule has 0 radical (unpaired) electrons. The molecule has 2 aromatic rings. The van der Waals surface area contributed by atoms with Crippen molar-refractivity contribution in [1.29, 1.82) is 0 Å². The zero-order chi connectivity index (χ0) is 16.2. The number of benzene rings is 1. The first-order chi connectivity index (χ1) is 11.9. The molecule has 6 heteroatoms.